The second-order valence-electron chi connectivity index (χ2n) is 2.52. The molecule has 0 aromatic heterocycles. The molecule has 1 rings (SSSR count). The molecule has 0 bridgehead atoms. The number of nitrogens with two attached hydrogens (primary N) is 1. The van der Waals surface area contributed by atoms with E-state index < -0.39 is 6.67 Å². The number of nitrogen functional groups attached to an aromatic ring is 1. The molecule has 2 N–H and O–H groups in total. The van der Waals surface area contributed by atoms with Crippen molar-refractivity contribution < 1.29 is 4.39 Å². The van der Waals surface area contributed by atoms with Crippen LogP contribution in [-0.4, -0.2) is 0 Å². The van der Waals surface area contributed by atoms with Crippen LogP contribution in [0.25, 0.3) is 0 Å². The molecule has 2 heteroatoms. The first-order valence-corrected chi connectivity index (χ1v) is 3.71. The van der Waals surface area contributed by atoms with Gasteiger partial charge in [0.25, 0.3) is 0 Å². The summed E-state index contributed by atoms with van der Waals surface area (Å²) < 4.78 is 12.1. The minimum absolute atomic E-state index is 0.476. The molecule has 1 aromatic carbocycles. The van der Waals surface area contributed by atoms with Crippen molar-refractivity contribution in [2.75, 3.05) is 5.73 Å². The summed E-state index contributed by atoms with van der Waals surface area (Å²) in [6, 6.07) is 5.48. The zero-order valence-corrected chi connectivity index (χ0v) is 6.60. The van der Waals surface area contributed by atoms with Gasteiger partial charge >= 0.3 is 0 Å². The maximum absolute atomic E-state index is 12.1. The van der Waals surface area contributed by atoms with E-state index in [2.05, 4.69) is 0 Å². The minimum Gasteiger partial charge on any atom is -0.398 e. The molecular formula is C9H12FN. The highest BCUT2D eigenvalue weighted by Crippen LogP contribution is 2.15. The second kappa shape index (κ2) is 3.37. The van der Waals surface area contributed by atoms with E-state index in [1.807, 2.05) is 19.1 Å². The van der Waals surface area contributed by atoms with E-state index in [1.165, 1.54) is 0 Å². The van der Waals surface area contributed by atoms with Crippen molar-refractivity contribution in [2.24, 2.45) is 0 Å². The van der Waals surface area contributed by atoms with Gasteiger partial charge in [0.1, 0.15) is 6.67 Å². The molecule has 0 heterocycles. The predicted molar refractivity (Wildman–Crippen MR) is 45.0 cm³/mol. The zero-order valence-electron chi connectivity index (χ0n) is 6.60. The van der Waals surface area contributed by atoms with Crippen LogP contribution in [0.1, 0.15) is 18.1 Å². The van der Waals surface area contributed by atoms with Gasteiger partial charge in [-0.15, -0.1) is 0 Å². The number of aryl methyl sites for hydroxylation is 1. The molecule has 0 saturated carbocycles. The van der Waals surface area contributed by atoms with Crippen LogP contribution in [0.4, 0.5) is 10.1 Å². The van der Waals surface area contributed by atoms with Crippen molar-refractivity contribution in [1.29, 1.82) is 0 Å². The van der Waals surface area contributed by atoms with Gasteiger partial charge in [-0.3, -0.25) is 0 Å². The van der Waals surface area contributed by atoms with Gasteiger partial charge in [-0.1, -0.05) is 19.1 Å². The maximum Gasteiger partial charge on any atom is 0.116 e. The summed E-state index contributed by atoms with van der Waals surface area (Å²) in [4.78, 5) is 0. The lowest BCUT2D eigenvalue weighted by molar-refractivity contribution is 0.486. The summed E-state index contributed by atoms with van der Waals surface area (Å²) in [7, 11) is 0. The summed E-state index contributed by atoms with van der Waals surface area (Å²) in [6.07, 6.45) is 0.941. The van der Waals surface area contributed by atoms with Crippen molar-refractivity contribution >= 4 is 5.69 Å². The van der Waals surface area contributed by atoms with Crippen LogP contribution in [-0.2, 0) is 13.1 Å². The fraction of sp³-hybridized carbons (Fsp3) is 0.333. The van der Waals surface area contributed by atoms with Crippen LogP contribution in [0.3, 0.4) is 0 Å². The number of hydrogen-bond acceptors (Lipinski definition) is 1. The summed E-state index contributed by atoms with van der Waals surface area (Å²) >= 11 is 0. The topological polar surface area (TPSA) is 26.0 Å². The minimum atomic E-state index is -0.476. The Morgan fingerprint density at radius 1 is 1.45 bits per heavy atom. The Morgan fingerprint density at radius 3 is 2.64 bits per heavy atom. The van der Waals surface area contributed by atoms with Crippen LogP contribution in [0.15, 0.2) is 18.2 Å². The Morgan fingerprint density at radius 2 is 2.18 bits per heavy atom. The summed E-state index contributed by atoms with van der Waals surface area (Å²) in [5, 5.41) is 0. The molecule has 0 amide bonds. The first-order chi connectivity index (χ1) is 5.27. The summed E-state index contributed by atoms with van der Waals surface area (Å²) in [6.45, 7) is 1.57. The number of benzene rings is 1. The molecule has 11 heavy (non-hydrogen) atoms. The number of hydrogen-bond donors (Lipinski definition) is 1. The highest BCUT2D eigenvalue weighted by atomic mass is 19.1. The highest BCUT2D eigenvalue weighted by molar-refractivity contribution is 5.48. The van der Waals surface area contributed by atoms with E-state index in [9.17, 15) is 4.39 Å². The van der Waals surface area contributed by atoms with E-state index >= 15 is 0 Å². The van der Waals surface area contributed by atoms with Gasteiger partial charge in [-0.2, -0.15) is 0 Å². The SMILES string of the molecule is CCc1ccc(CF)c(N)c1. The van der Waals surface area contributed by atoms with Gasteiger partial charge < -0.3 is 5.73 Å². The standard InChI is InChI=1S/C9H12FN/c1-2-7-3-4-8(6-10)9(11)5-7/h3-5H,2,6,11H2,1H3. The summed E-state index contributed by atoms with van der Waals surface area (Å²) in [5.74, 6) is 0. The molecule has 0 atom stereocenters. The molecule has 0 aliphatic carbocycles. The molecule has 0 aliphatic rings. The molecule has 0 spiro atoms. The second-order valence-corrected chi connectivity index (χ2v) is 2.52. The molecule has 0 saturated heterocycles. The van der Waals surface area contributed by atoms with Crippen LogP contribution >= 0.6 is 0 Å². The molecule has 60 valence electrons. The number of alkyl halides is 1. The number of anilines is 1. The fourth-order valence-electron chi connectivity index (χ4n) is 0.986. The first-order valence-electron chi connectivity index (χ1n) is 3.71. The molecule has 0 aliphatic heterocycles. The smallest absolute Gasteiger partial charge is 0.116 e. The Balaban J connectivity index is 2.99. The summed E-state index contributed by atoms with van der Waals surface area (Å²) in [5.41, 5.74) is 7.87. The number of halogens is 1. The fourth-order valence-corrected chi connectivity index (χ4v) is 0.986. The van der Waals surface area contributed by atoms with Gasteiger partial charge in [-0.25, -0.2) is 4.39 Å². The van der Waals surface area contributed by atoms with Gasteiger partial charge in [0.2, 0.25) is 0 Å². The van der Waals surface area contributed by atoms with Gasteiger partial charge in [0.15, 0.2) is 0 Å². The van der Waals surface area contributed by atoms with Gasteiger partial charge in [0, 0.05) is 11.3 Å². The van der Waals surface area contributed by atoms with Crippen molar-refractivity contribution in [1.82, 2.24) is 0 Å². The van der Waals surface area contributed by atoms with Crippen LogP contribution < -0.4 is 5.73 Å². The first kappa shape index (κ1) is 8.05. The Kier molecular flexibility index (Phi) is 2.47. The molecule has 0 fully saturated rings. The molecule has 1 aromatic rings. The lowest BCUT2D eigenvalue weighted by atomic mass is 10.1. The van der Waals surface area contributed by atoms with Crippen LogP contribution in [0, 0.1) is 0 Å². The maximum atomic E-state index is 12.1. The highest BCUT2D eigenvalue weighted by Gasteiger charge is 1.97. The average Bonchev–Trinajstić information content (AvgIpc) is 2.04. The normalized spacial score (nSPS) is 10.0. The quantitative estimate of drug-likeness (QED) is 0.648. The lowest BCUT2D eigenvalue weighted by Gasteiger charge is -2.02. The predicted octanol–water partition coefficient (Wildman–Crippen LogP) is 2.30. The van der Waals surface area contributed by atoms with Gasteiger partial charge in [0.05, 0.1) is 0 Å². The molecular weight excluding hydrogens is 141 g/mol. The van der Waals surface area contributed by atoms with Crippen molar-refractivity contribution in [3.05, 3.63) is 29.3 Å². The average molecular weight is 153 g/mol. The molecule has 0 unspecified atom stereocenters. The van der Waals surface area contributed by atoms with Crippen LogP contribution in [0.2, 0.25) is 0 Å². The largest absolute Gasteiger partial charge is 0.398 e. The lowest BCUT2D eigenvalue weighted by Crippen LogP contribution is -1.93. The Hall–Kier alpha value is -1.05. The molecule has 1 nitrogen and oxygen atoms in total. The van der Waals surface area contributed by atoms with Crippen molar-refractivity contribution in [3.8, 4) is 0 Å². The zero-order chi connectivity index (χ0) is 8.27. The Bertz CT molecular complexity index is 245. The molecule has 0 radical (unpaired) electrons. The van der Waals surface area contributed by atoms with E-state index in [0.717, 1.165) is 12.0 Å². The third-order valence-electron chi connectivity index (χ3n) is 1.76. The van der Waals surface area contributed by atoms with E-state index in [4.69, 9.17) is 5.73 Å². The van der Waals surface area contributed by atoms with E-state index in [1.54, 1.807) is 6.07 Å². The van der Waals surface area contributed by atoms with Crippen molar-refractivity contribution in [3.63, 3.8) is 0 Å². The van der Waals surface area contributed by atoms with Crippen molar-refractivity contribution in [2.45, 2.75) is 20.0 Å². The van der Waals surface area contributed by atoms with E-state index in [-0.39, 0.29) is 0 Å². The monoisotopic (exact) mass is 153 g/mol. The third-order valence-corrected chi connectivity index (χ3v) is 1.76. The Labute approximate surface area is 66.0 Å². The number of rotatable bonds is 2. The third kappa shape index (κ3) is 1.70. The van der Waals surface area contributed by atoms with Gasteiger partial charge in [-0.05, 0) is 18.1 Å². The van der Waals surface area contributed by atoms with E-state index in [0.29, 0.717) is 11.3 Å². The van der Waals surface area contributed by atoms with Crippen LogP contribution in [0.5, 0.6) is 0 Å².